The summed E-state index contributed by atoms with van der Waals surface area (Å²) in [5.74, 6) is 0.0647. The molecule has 1 rings (SSSR count). The van der Waals surface area contributed by atoms with Gasteiger partial charge in [-0.1, -0.05) is 24.6 Å². The summed E-state index contributed by atoms with van der Waals surface area (Å²) in [5.41, 5.74) is 1.64. The monoisotopic (exact) mass is 226 g/mol. The minimum absolute atomic E-state index is 0.0647. The number of allylic oxidation sites excluding steroid dienone is 2. The third kappa shape index (κ3) is 2.93. The van der Waals surface area contributed by atoms with Crippen molar-refractivity contribution in [2.24, 2.45) is 7.05 Å². The Morgan fingerprint density at radius 2 is 2.27 bits per heavy atom. The van der Waals surface area contributed by atoms with Gasteiger partial charge in [-0.3, -0.25) is 9.48 Å². The van der Waals surface area contributed by atoms with E-state index in [1.165, 1.54) is 0 Å². The minimum atomic E-state index is 0.0647. The van der Waals surface area contributed by atoms with Crippen LogP contribution in [0.3, 0.4) is 0 Å². The summed E-state index contributed by atoms with van der Waals surface area (Å²) in [6, 6.07) is 0. The molecule has 0 aromatic carbocycles. The second kappa shape index (κ2) is 5.12. The van der Waals surface area contributed by atoms with Crippen molar-refractivity contribution in [1.29, 1.82) is 0 Å². The number of carbonyl (C=O) groups is 1. The highest BCUT2D eigenvalue weighted by molar-refractivity contribution is 6.30. The van der Waals surface area contributed by atoms with E-state index in [2.05, 4.69) is 5.10 Å². The number of aryl methyl sites for hydroxylation is 2. The molecular formula is C11H15ClN2O. The number of rotatable bonds is 4. The Balaban J connectivity index is 2.81. The summed E-state index contributed by atoms with van der Waals surface area (Å²) in [6.45, 7) is 3.85. The van der Waals surface area contributed by atoms with Crippen molar-refractivity contribution in [3.8, 4) is 0 Å². The third-order valence-corrected chi connectivity index (χ3v) is 2.63. The van der Waals surface area contributed by atoms with Gasteiger partial charge in [0.15, 0.2) is 5.78 Å². The van der Waals surface area contributed by atoms with Crippen LogP contribution in [-0.2, 0) is 18.3 Å². The molecule has 1 aromatic heterocycles. The topological polar surface area (TPSA) is 34.9 Å². The molecule has 0 N–H and O–H groups in total. The molecule has 0 atom stereocenters. The van der Waals surface area contributed by atoms with Gasteiger partial charge in [0.2, 0.25) is 0 Å². The average Bonchev–Trinajstić information content (AvgIpc) is 2.42. The first-order valence-corrected chi connectivity index (χ1v) is 5.31. The smallest absolute Gasteiger partial charge is 0.159 e. The number of ketones is 1. The zero-order valence-corrected chi connectivity index (χ0v) is 10.0. The van der Waals surface area contributed by atoms with E-state index in [9.17, 15) is 4.79 Å². The van der Waals surface area contributed by atoms with Crippen LogP contribution < -0.4 is 0 Å². The maximum atomic E-state index is 11.5. The van der Waals surface area contributed by atoms with Crippen LogP contribution in [0.1, 0.15) is 24.6 Å². The van der Waals surface area contributed by atoms with Crippen LogP contribution in [0.5, 0.6) is 0 Å². The van der Waals surface area contributed by atoms with Gasteiger partial charge in [0.05, 0.1) is 5.69 Å². The highest BCUT2D eigenvalue weighted by Gasteiger charge is 2.13. The summed E-state index contributed by atoms with van der Waals surface area (Å²) in [4.78, 5) is 11.5. The molecule has 15 heavy (non-hydrogen) atoms. The molecule has 0 saturated heterocycles. The molecule has 1 aromatic rings. The number of aromatic nitrogens is 2. The Bertz CT molecular complexity index is 394. The highest BCUT2D eigenvalue weighted by atomic mass is 35.5. The lowest BCUT2D eigenvalue weighted by Crippen LogP contribution is -1.99. The molecule has 0 spiro atoms. The lowest BCUT2D eigenvalue weighted by atomic mass is 10.1. The quantitative estimate of drug-likeness (QED) is 0.740. The van der Waals surface area contributed by atoms with Gasteiger partial charge < -0.3 is 0 Å². The van der Waals surface area contributed by atoms with Crippen molar-refractivity contribution in [3.63, 3.8) is 0 Å². The van der Waals surface area contributed by atoms with E-state index in [1.54, 1.807) is 17.8 Å². The number of hydrogen-bond donors (Lipinski definition) is 0. The van der Waals surface area contributed by atoms with Gasteiger partial charge in [0, 0.05) is 19.0 Å². The van der Waals surface area contributed by atoms with Crippen LogP contribution in [0.4, 0.5) is 0 Å². The minimum Gasteiger partial charge on any atom is -0.294 e. The highest BCUT2D eigenvalue weighted by Crippen LogP contribution is 2.19. The molecule has 0 bridgehead atoms. The van der Waals surface area contributed by atoms with Crippen molar-refractivity contribution in [1.82, 2.24) is 9.78 Å². The molecule has 0 amide bonds. The van der Waals surface area contributed by atoms with Gasteiger partial charge in [-0.05, 0) is 19.4 Å². The van der Waals surface area contributed by atoms with Crippen LogP contribution in [0, 0.1) is 6.92 Å². The molecule has 0 radical (unpaired) electrons. The summed E-state index contributed by atoms with van der Waals surface area (Å²) in [6.07, 6.45) is 4.64. The van der Waals surface area contributed by atoms with Crippen molar-refractivity contribution in [3.05, 3.63) is 28.6 Å². The molecule has 0 aliphatic rings. The molecular weight excluding hydrogens is 212 g/mol. The van der Waals surface area contributed by atoms with Gasteiger partial charge in [-0.15, -0.1) is 0 Å². The molecule has 0 aliphatic carbocycles. The van der Waals surface area contributed by atoms with Crippen molar-refractivity contribution in [2.45, 2.75) is 26.7 Å². The maximum absolute atomic E-state index is 11.5. The average molecular weight is 227 g/mol. The van der Waals surface area contributed by atoms with Gasteiger partial charge in [-0.2, -0.15) is 5.10 Å². The zero-order chi connectivity index (χ0) is 11.4. The van der Waals surface area contributed by atoms with Gasteiger partial charge >= 0.3 is 0 Å². The normalized spacial score (nSPS) is 11.2. The first-order valence-electron chi connectivity index (χ1n) is 4.93. The van der Waals surface area contributed by atoms with E-state index in [0.29, 0.717) is 11.6 Å². The van der Waals surface area contributed by atoms with E-state index < -0.39 is 0 Å². The molecule has 0 unspecified atom stereocenters. The first kappa shape index (κ1) is 12.0. The fourth-order valence-corrected chi connectivity index (χ4v) is 1.60. The van der Waals surface area contributed by atoms with Crippen LogP contribution in [0.15, 0.2) is 12.2 Å². The first-order chi connectivity index (χ1) is 7.06. The fraction of sp³-hybridized carbons (Fsp3) is 0.455. The van der Waals surface area contributed by atoms with Gasteiger partial charge in [-0.25, -0.2) is 0 Å². The van der Waals surface area contributed by atoms with Crippen molar-refractivity contribution >= 4 is 17.4 Å². The second-order valence-electron chi connectivity index (χ2n) is 3.43. The van der Waals surface area contributed by atoms with Crippen molar-refractivity contribution in [2.75, 3.05) is 0 Å². The molecule has 0 aliphatic heterocycles. The van der Waals surface area contributed by atoms with Crippen LogP contribution in [0.2, 0.25) is 5.15 Å². The summed E-state index contributed by atoms with van der Waals surface area (Å²) >= 11 is 6.02. The molecule has 3 nitrogen and oxygen atoms in total. The largest absolute Gasteiger partial charge is 0.294 e. The maximum Gasteiger partial charge on any atom is 0.159 e. The van der Waals surface area contributed by atoms with E-state index in [0.717, 1.165) is 17.7 Å². The summed E-state index contributed by atoms with van der Waals surface area (Å²) < 4.78 is 1.59. The lowest BCUT2D eigenvalue weighted by molar-refractivity contribution is -0.114. The predicted octanol–water partition coefficient (Wildman–Crippen LogP) is 2.46. The molecule has 82 valence electrons. The Morgan fingerprint density at radius 3 is 2.73 bits per heavy atom. The van der Waals surface area contributed by atoms with Crippen LogP contribution in [0.25, 0.3) is 0 Å². The van der Waals surface area contributed by atoms with Gasteiger partial charge in [0.25, 0.3) is 0 Å². The van der Waals surface area contributed by atoms with Crippen LogP contribution >= 0.6 is 11.6 Å². The number of nitrogens with zero attached hydrogens (tertiary/aromatic N) is 2. The molecule has 0 saturated carbocycles. The summed E-state index contributed by atoms with van der Waals surface area (Å²) in [5, 5.41) is 4.70. The zero-order valence-electron chi connectivity index (χ0n) is 9.25. The lowest BCUT2D eigenvalue weighted by Gasteiger charge is -1.96. The standard InChI is InChI=1S/C11H15ClN2O/c1-4-5-6-9(15)7-10-8(2)13-14(3)11(10)12/h5-6H,4,7H2,1-3H3/b6-5+. The number of carbonyl (C=O) groups excluding carboxylic acids is 1. The molecule has 0 fully saturated rings. The summed E-state index contributed by atoms with van der Waals surface area (Å²) in [7, 11) is 1.77. The fourth-order valence-electron chi connectivity index (χ4n) is 1.36. The Morgan fingerprint density at radius 1 is 1.60 bits per heavy atom. The van der Waals surface area contributed by atoms with E-state index in [-0.39, 0.29) is 5.78 Å². The molecule has 1 heterocycles. The van der Waals surface area contributed by atoms with Crippen LogP contribution in [-0.4, -0.2) is 15.6 Å². The molecule has 4 heteroatoms. The second-order valence-corrected chi connectivity index (χ2v) is 3.79. The number of hydrogen-bond acceptors (Lipinski definition) is 2. The Hall–Kier alpha value is -1.09. The van der Waals surface area contributed by atoms with Crippen molar-refractivity contribution < 1.29 is 4.79 Å². The third-order valence-electron chi connectivity index (χ3n) is 2.16. The SMILES string of the molecule is CC/C=C/C(=O)Cc1c(C)nn(C)c1Cl. The Kier molecular flexibility index (Phi) is 4.09. The number of halogens is 1. The Labute approximate surface area is 94.7 Å². The van der Waals surface area contributed by atoms with E-state index in [1.807, 2.05) is 19.9 Å². The predicted molar refractivity (Wildman–Crippen MR) is 61.1 cm³/mol. The van der Waals surface area contributed by atoms with Gasteiger partial charge in [0.1, 0.15) is 5.15 Å². The van der Waals surface area contributed by atoms with E-state index in [4.69, 9.17) is 11.6 Å². The van der Waals surface area contributed by atoms with E-state index >= 15 is 0 Å².